The predicted molar refractivity (Wildman–Crippen MR) is 81.2 cm³/mol. The molecule has 1 aromatic rings. The normalized spacial score (nSPS) is 15.5. The van der Waals surface area contributed by atoms with Crippen molar-refractivity contribution in [2.24, 2.45) is 5.92 Å². The first-order chi connectivity index (χ1) is 10.1. The lowest BCUT2D eigenvalue weighted by atomic mass is 10.1. The topological polar surface area (TPSA) is 72.8 Å². The minimum absolute atomic E-state index is 0.139. The first-order valence-corrected chi connectivity index (χ1v) is 7.51. The van der Waals surface area contributed by atoms with Crippen LogP contribution in [0.4, 0.5) is 4.79 Å². The van der Waals surface area contributed by atoms with Crippen LogP contribution in [-0.2, 0) is 6.42 Å². The van der Waals surface area contributed by atoms with Crippen molar-refractivity contribution < 1.29 is 15.0 Å². The predicted octanol–water partition coefficient (Wildman–Crippen LogP) is 1.74. The lowest BCUT2D eigenvalue weighted by molar-refractivity contribution is 0.113. The molecular weight excluding hydrogens is 268 g/mol. The van der Waals surface area contributed by atoms with E-state index in [1.165, 1.54) is 0 Å². The molecule has 0 spiro atoms. The van der Waals surface area contributed by atoms with Gasteiger partial charge in [-0.15, -0.1) is 0 Å². The monoisotopic (exact) mass is 292 g/mol. The molecule has 1 unspecified atom stereocenters. The fourth-order valence-electron chi connectivity index (χ4n) is 2.28. The molecule has 0 bridgehead atoms. The van der Waals surface area contributed by atoms with Crippen molar-refractivity contribution in [3.8, 4) is 5.75 Å². The summed E-state index contributed by atoms with van der Waals surface area (Å²) in [6, 6.07) is 6.97. The second-order valence-electron chi connectivity index (χ2n) is 5.79. The van der Waals surface area contributed by atoms with Gasteiger partial charge in [0, 0.05) is 20.1 Å². The standard InChI is InChI=1S/C16H24N2O3/c1-18(11-15(20)13-6-7-13)16(21)17-10-2-3-12-4-8-14(19)9-5-12/h4-5,8-9,13,15,19-20H,2-3,6-7,10-11H2,1H3,(H,17,21). The van der Waals surface area contributed by atoms with Gasteiger partial charge in [0.15, 0.2) is 0 Å². The fourth-order valence-corrected chi connectivity index (χ4v) is 2.28. The first-order valence-electron chi connectivity index (χ1n) is 7.51. The molecular formula is C16H24N2O3. The number of aromatic hydroxyl groups is 1. The van der Waals surface area contributed by atoms with Crippen molar-refractivity contribution in [1.29, 1.82) is 0 Å². The number of carbonyl (C=O) groups excluding carboxylic acids is 1. The Hall–Kier alpha value is -1.75. The zero-order chi connectivity index (χ0) is 15.2. The molecule has 2 rings (SSSR count). The number of likely N-dealkylation sites (N-methyl/N-ethyl adjacent to an activating group) is 1. The van der Waals surface area contributed by atoms with E-state index >= 15 is 0 Å². The average Bonchev–Trinajstić information content (AvgIpc) is 3.29. The van der Waals surface area contributed by atoms with Gasteiger partial charge in [-0.2, -0.15) is 0 Å². The van der Waals surface area contributed by atoms with Crippen LogP contribution in [-0.4, -0.2) is 47.4 Å². The highest BCUT2D eigenvalue weighted by atomic mass is 16.3. The van der Waals surface area contributed by atoms with E-state index in [0.717, 1.165) is 31.2 Å². The minimum Gasteiger partial charge on any atom is -0.508 e. The summed E-state index contributed by atoms with van der Waals surface area (Å²) in [6.45, 7) is 0.998. The number of rotatable bonds is 7. The van der Waals surface area contributed by atoms with Crippen molar-refractivity contribution in [3.05, 3.63) is 29.8 Å². The molecule has 0 radical (unpaired) electrons. The highest BCUT2D eigenvalue weighted by molar-refractivity contribution is 5.73. The Balaban J connectivity index is 1.60. The molecule has 116 valence electrons. The molecule has 0 aromatic heterocycles. The summed E-state index contributed by atoms with van der Waals surface area (Å²) in [7, 11) is 1.71. The maximum Gasteiger partial charge on any atom is 0.317 e. The molecule has 2 amide bonds. The van der Waals surface area contributed by atoms with Crippen LogP contribution < -0.4 is 5.32 Å². The summed E-state index contributed by atoms with van der Waals surface area (Å²) >= 11 is 0. The number of aliphatic hydroxyl groups excluding tert-OH is 1. The molecule has 1 atom stereocenters. The Bertz CT molecular complexity index is 457. The number of amides is 2. The van der Waals surface area contributed by atoms with Crippen molar-refractivity contribution in [1.82, 2.24) is 10.2 Å². The number of hydrogen-bond donors (Lipinski definition) is 3. The molecule has 5 nitrogen and oxygen atoms in total. The Morgan fingerprint density at radius 2 is 2.05 bits per heavy atom. The molecule has 3 N–H and O–H groups in total. The molecule has 21 heavy (non-hydrogen) atoms. The molecule has 1 aromatic carbocycles. The number of nitrogens with zero attached hydrogens (tertiary/aromatic N) is 1. The van der Waals surface area contributed by atoms with Crippen LogP contribution >= 0.6 is 0 Å². The maximum absolute atomic E-state index is 11.8. The molecule has 0 aliphatic heterocycles. The van der Waals surface area contributed by atoms with Crippen LogP contribution in [0.25, 0.3) is 0 Å². The Labute approximate surface area is 125 Å². The highest BCUT2D eigenvalue weighted by Crippen LogP contribution is 2.32. The van der Waals surface area contributed by atoms with Gasteiger partial charge in [0.05, 0.1) is 6.10 Å². The number of benzene rings is 1. The van der Waals surface area contributed by atoms with E-state index in [2.05, 4.69) is 5.32 Å². The van der Waals surface area contributed by atoms with Gasteiger partial charge < -0.3 is 20.4 Å². The van der Waals surface area contributed by atoms with Crippen LogP contribution in [0.5, 0.6) is 5.75 Å². The summed E-state index contributed by atoms with van der Waals surface area (Å²) in [6.07, 6.45) is 3.45. The molecule has 1 aliphatic carbocycles. The second-order valence-corrected chi connectivity index (χ2v) is 5.79. The minimum atomic E-state index is -0.391. The van der Waals surface area contributed by atoms with E-state index in [9.17, 15) is 15.0 Å². The molecule has 1 aliphatic rings. The van der Waals surface area contributed by atoms with Crippen molar-refractivity contribution in [2.75, 3.05) is 20.1 Å². The van der Waals surface area contributed by atoms with Crippen molar-refractivity contribution >= 4 is 6.03 Å². The van der Waals surface area contributed by atoms with Crippen LogP contribution in [0, 0.1) is 5.92 Å². The zero-order valence-electron chi connectivity index (χ0n) is 12.5. The van der Waals surface area contributed by atoms with Gasteiger partial charge in [-0.3, -0.25) is 0 Å². The number of urea groups is 1. The van der Waals surface area contributed by atoms with Gasteiger partial charge >= 0.3 is 6.03 Å². The largest absolute Gasteiger partial charge is 0.508 e. The summed E-state index contributed by atoms with van der Waals surface area (Å²) in [5.74, 6) is 0.651. The van der Waals surface area contributed by atoms with Gasteiger partial charge in [0.1, 0.15) is 5.75 Å². The number of hydrogen-bond acceptors (Lipinski definition) is 3. The third-order valence-corrected chi connectivity index (χ3v) is 3.83. The van der Waals surface area contributed by atoms with Crippen molar-refractivity contribution in [3.63, 3.8) is 0 Å². The van der Waals surface area contributed by atoms with Crippen LogP contribution in [0.15, 0.2) is 24.3 Å². The first kappa shape index (κ1) is 15.6. The number of nitrogens with one attached hydrogen (secondary N) is 1. The molecule has 1 saturated carbocycles. The van der Waals surface area contributed by atoms with E-state index < -0.39 is 6.10 Å². The summed E-state index contributed by atoms with van der Waals surface area (Å²) < 4.78 is 0. The summed E-state index contributed by atoms with van der Waals surface area (Å²) in [5, 5.41) is 21.9. The van der Waals surface area contributed by atoms with E-state index in [4.69, 9.17) is 0 Å². The summed E-state index contributed by atoms with van der Waals surface area (Å²) in [5.41, 5.74) is 1.14. The summed E-state index contributed by atoms with van der Waals surface area (Å²) in [4.78, 5) is 13.4. The van der Waals surface area contributed by atoms with Gasteiger partial charge in [-0.1, -0.05) is 12.1 Å². The number of aliphatic hydroxyl groups is 1. The fraction of sp³-hybridized carbons (Fsp3) is 0.562. The third kappa shape index (κ3) is 5.27. The van der Waals surface area contributed by atoms with E-state index in [-0.39, 0.29) is 11.8 Å². The van der Waals surface area contributed by atoms with Gasteiger partial charge in [0.25, 0.3) is 0 Å². The SMILES string of the molecule is CN(CC(O)C1CC1)C(=O)NCCCc1ccc(O)cc1. The third-order valence-electron chi connectivity index (χ3n) is 3.83. The molecule has 1 fully saturated rings. The Morgan fingerprint density at radius 1 is 1.38 bits per heavy atom. The lowest BCUT2D eigenvalue weighted by Crippen LogP contribution is -2.42. The van der Waals surface area contributed by atoms with Gasteiger partial charge in [-0.05, 0) is 49.3 Å². The quantitative estimate of drug-likeness (QED) is 0.670. The lowest BCUT2D eigenvalue weighted by Gasteiger charge is -2.21. The van der Waals surface area contributed by atoms with E-state index in [1.54, 1.807) is 24.1 Å². The maximum atomic E-state index is 11.8. The molecule has 0 heterocycles. The van der Waals surface area contributed by atoms with Crippen LogP contribution in [0.2, 0.25) is 0 Å². The van der Waals surface area contributed by atoms with Gasteiger partial charge in [0.2, 0.25) is 0 Å². The average molecular weight is 292 g/mol. The number of phenols is 1. The van der Waals surface area contributed by atoms with Crippen LogP contribution in [0.3, 0.4) is 0 Å². The second kappa shape index (κ2) is 7.31. The van der Waals surface area contributed by atoms with E-state index in [0.29, 0.717) is 19.0 Å². The Morgan fingerprint density at radius 3 is 2.67 bits per heavy atom. The smallest absolute Gasteiger partial charge is 0.317 e. The van der Waals surface area contributed by atoms with Gasteiger partial charge in [-0.25, -0.2) is 4.79 Å². The number of aryl methyl sites for hydroxylation is 1. The highest BCUT2D eigenvalue weighted by Gasteiger charge is 2.31. The Kier molecular flexibility index (Phi) is 5.44. The molecule has 5 heteroatoms. The molecule has 0 saturated heterocycles. The number of carbonyl (C=O) groups is 1. The van der Waals surface area contributed by atoms with E-state index in [1.807, 2.05) is 12.1 Å². The zero-order valence-corrected chi connectivity index (χ0v) is 12.5. The van der Waals surface area contributed by atoms with Crippen LogP contribution in [0.1, 0.15) is 24.8 Å². The number of phenolic OH excluding ortho intramolecular Hbond substituents is 1. The van der Waals surface area contributed by atoms with Crippen molar-refractivity contribution in [2.45, 2.75) is 31.8 Å².